The molecule has 3 heterocycles. The van der Waals surface area contributed by atoms with E-state index in [4.69, 9.17) is 10.5 Å². The number of aryl methyl sites for hydroxylation is 1. The van der Waals surface area contributed by atoms with Crippen LogP contribution in [0.1, 0.15) is 41.0 Å². The molecule has 2 aromatic carbocycles. The molecule has 0 radical (unpaired) electrons. The maximum absolute atomic E-state index is 13.6. The van der Waals surface area contributed by atoms with Crippen molar-refractivity contribution >= 4 is 22.7 Å². The SMILES string of the molecule is Cc1ccnc2c(O)cc(C(=O)NC[C@](C)(O)c3cc4c(c(-c5ccc(F)cc5)n3)OC[C@]4(C)C(N)=O)cc12. The number of amides is 2. The molecule has 0 aliphatic carbocycles. The van der Waals surface area contributed by atoms with Crippen LogP contribution in [0.3, 0.4) is 0 Å². The van der Waals surface area contributed by atoms with Crippen LogP contribution < -0.4 is 15.8 Å². The van der Waals surface area contributed by atoms with Crippen LogP contribution in [-0.4, -0.2) is 45.1 Å². The summed E-state index contributed by atoms with van der Waals surface area (Å²) in [5, 5.41) is 25.2. The topological polar surface area (TPSA) is 148 Å². The fourth-order valence-corrected chi connectivity index (χ4v) is 4.61. The lowest BCUT2D eigenvalue weighted by Gasteiger charge is -2.26. The molecule has 0 fully saturated rings. The highest BCUT2D eigenvalue weighted by molar-refractivity contribution is 6.00. The van der Waals surface area contributed by atoms with Crippen LogP contribution in [0.15, 0.2) is 54.7 Å². The highest BCUT2D eigenvalue weighted by Crippen LogP contribution is 2.45. The first kappa shape index (κ1) is 26.1. The van der Waals surface area contributed by atoms with E-state index in [1.807, 2.05) is 6.92 Å². The molecular formula is C29H27FN4O5. The van der Waals surface area contributed by atoms with Crippen LogP contribution in [0.25, 0.3) is 22.2 Å². The number of hydrogen-bond acceptors (Lipinski definition) is 7. The van der Waals surface area contributed by atoms with Gasteiger partial charge in [0.2, 0.25) is 5.91 Å². The molecule has 0 bridgehead atoms. The van der Waals surface area contributed by atoms with Crippen LogP contribution in [0.5, 0.6) is 11.5 Å². The Balaban J connectivity index is 1.50. The summed E-state index contributed by atoms with van der Waals surface area (Å²) in [4.78, 5) is 34.2. The van der Waals surface area contributed by atoms with Gasteiger partial charge in [-0.3, -0.25) is 14.6 Å². The lowest BCUT2D eigenvalue weighted by Crippen LogP contribution is -2.41. The third-order valence-corrected chi connectivity index (χ3v) is 7.18. The maximum atomic E-state index is 13.6. The molecule has 5 rings (SSSR count). The highest BCUT2D eigenvalue weighted by Gasteiger charge is 2.45. The Morgan fingerprint density at radius 3 is 2.62 bits per heavy atom. The first-order valence-corrected chi connectivity index (χ1v) is 12.2. The summed E-state index contributed by atoms with van der Waals surface area (Å²) in [6.45, 7) is 4.69. The van der Waals surface area contributed by atoms with Crippen LogP contribution in [0.4, 0.5) is 4.39 Å². The number of phenols is 1. The summed E-state index contributed by atoms with van der Waals surface area (Å²) in [6, 6.07) is 11.8. The summed E-state index contributed by atoms with van der Waals surface area (Å²) < 4.78 is 19.4. The number of nitrogens with one attached hydrogen (secondary N) is 1. The van der Waals surface area contributed by atoms with Gasteiger partial charge in [0.05, 0.1) is 12.2 Å². The van der Waals surface area contributed by atoms with Crippen LogP contribution in [0.2, 0.25) is 0 Å². The third kappa shape index (κ3) is 4.52. The molecule has 0 unspecified atom stereocenters. The molecule has 0 spiro atoms. The van der Waals surface area contributed by atoms with E-state index in [0.717, 1.165) is 5.56 Å². The van der Waals surface area contributed by atoms with Crippen LogP contribution in [-0.2, 0) is 15.8 Å². The van der Waals surface area contributed by atoms with Gasteiger partial charge in [0.1, 0.15) is 46.1 Å². The number of hydrogen-bond donors (Lipinski definition) is 4. The Bertz CT molecular complexity index is 1640. The summed E-state index contributed by atoms with van der Waals surface area (Å²) in [6.07, 6.45) is 1.58. The minimum Gasteiger partial charge on any atom is -0.506 e. The first-order chi connectivity index (χ1) is 18.4. The average molecular weight is 531 g/mol. The van der Waals surface area contributed by atoms with Crippen molar-refractivity contribution in [3.8, 4) is 22.8 Å². The zero-order valence-electron chi connectivity index (χ0n) is 21.6. The van der Waals surface area contributed by atoms with Gasteiger partial charge in [0, 0.05) is 28.3 Å². The van der Waals surface area contributed by atoms with Gasteiger partial charge in [-0.25, -0.2) is 9.37 Å². The van der Waals surface area contributed by atoms with Crippen molar-refractivity contribution in [2.45, 2.75) is 31.8 Å². The molecule has 1 aliphatic rings. The number of aliphatic hydroxyl groups is 1. The number of pyridine rings is 2. The number of carbonyl (C=O) groups is 2. The Morgan fingerprint density at radius 1 is 1.21 bits per heavy atom. The number of primary amides is 1. The second-order valence-electron chi connectivity index (χ2n) is 10.2. The standard InChI is InChI=1S/C29H27FN4O5/c1-15-8-9-32-24-19(15)10-17(11-21(24)35)26(36)33-13-29(3,38)22-12-20-25(39-14-28(20,2)27(31)37)23(34-22)16-4-6-18(30)7-5-16/h4-12,35,38H,13-14H2,1-3H3,(H2,31,37)(H,33,36)/t28-,29-/m0/s1. The monoisotopic (exact) mass is 530 g/mol. The quantitative estimate of drug-likeness (QED) is 0.299. The molecular weight excluding hydrogens is 503 g/mol. The van der Waals surface area contributed by atoms with Crippen molar-refractivity contribution in [3.63, 3.8) is 0 Å². The van der Waals surface area contributed by atoms with Gasteiger partial charge in [-0.15, -0.1) is 0 Å². The molecule has 39 heavy (non-hydrogen) atoms. The normalized spacial score (nSPS) is 17.8. The number of aromatic hydroxyl groups is 1. The fraction of sp³-hybridized carbons (Fsp3) is 0.241. The second kappa shape index (κ2) is 9.32. The Hall–Kier alpha value is -4.57. The summed E-state index contributed by atoms with van der Waals surface area (Å²) >= 11 is 0. The Morgan fingerprint density at radius 2 is 1.92 bits per heavy atom. The zero-order valence-corrected chi connectivity index (χ0v) is 21.6. The summed E-state index contributed by atoms with van der Waals surface area (Å²) in [5.41, 5.74) is 5.65. The molecule has 2 amide bonds. The van der Waals surface area contributed by atoms with Gasteiger partial charge in [-0.05, 0) is 74.9 Å². The van der Waals surface area contributed by atoms with E-state index in [1.165, 1.54) is 37.3 Å². The molecule has 10 heteroatoms. The Kier molecular flexibility index (Phi) is 6.22. The van der Waals surface area contributed by atoms with E-state index in [9.17, 15) is 24.2 Å². The number of halogens is 1. The molecule has 4 aromatic rings. The van der Waals surface area contributed by atoms with Gasteiger partial charge in [-0.1, -0.05) is 0 Å². The predicted octanol–water partition coefficient (Wildman–Crippen LogP) is 3.22. The number of ether oxygens (including phenoxy) is 1. The lowest BCUT2D eigenvalue weighted by molar-refractivity contribution is -0.123. The van der Waals surface area contributed by atoms with Gasteiger partial charge in [-0.2, -0.15) is 0 Å². The van der Waals surface area contributed by atoms with Crippen molar-refractivity contribution in [1.82, 2.24) is 15.3 Å². The molecule has 0 saturated heterocycles. The largest absolute Gasteiger partial charge is 0.506 e. The number of nitrogens with zero attached hydrogens (tertiary/aromatic N) is 2. The number of fused-ring (bicyclic) bond motifs is 2. The predicted molar refractivity (Wildman–Crippen MR) is 142 cm³/mol. The smallest absolute Gasteiger partial charge is 0.251 e. The molecule has 5 N–H and O–H groups in total. The van der Waals surface area contributed by atoms with E-state index < -0.39 is 28.6 Å². The number of rotatable bonds is 6. The van der Waals surface area contributed by atoms with Gasteiger partial charge >= 0.3 is 0 Å². The minimum absolute atomic E-state index is 0.0182. The van der Waals surface area contributed by atoms with E-state index in [0.29, 0.717) is 33.5 Å². The van der Waals surface area contributed by atoms with E-state index in [-0.39, 0.29) is 30.2 Å². The van der Waals surface area contributed by atoms with E-state index in [1.54, 1.807) is 31.3 Å². The minimum atomic E-state index is -1.70. The molecule has 2 atom stereocenters. The fourth-order valence-electron chi connectivity index (χ4n) is 4.61. The van der Waals surface area contributed by atoms with E-state index >= 15 is 0 Å². The second-order valence-corrected chi connectivity index (χ2v) is 10.2. The number of phenolic OH excluding ortho intramolecular Hbond substituents is 1. The highest BCUT2D eigenvalue weighted by atomic mass is 19.1. The van der Waals surface area contributed by atoms with Crippen molar-refractivity contribution < 1.29 is 28.9 Å². The van der Waals surface area contributed by atoms with Crippen molar-refractivity contribution in [3.05, 3.63) is 82.9 Å². The summed E-state index contributed by atoms with van der Waals surface area (Å²) in [7, 11) is 0. The maximum Gasteiger partial charge on any atom is 0.251 e. The zero-order chi connectivity index (χ0) is 28.1. The first-order valence-electron chi connectivity index (χ1n) is 12.2. The van der Waals surface area contributed by atoms with Crippen LogP contribution in [0, 0.1) is 12.7 Å². The molecule has 1 aliphatic heterocycles. The van der Waals surface area contributed by atoms with Gasteiger partial charge in [0.15, 0.2) is 0 Å². The summed E-state index contributed by atoms with van der Waals surface area (Å²) in [5.74, 6) is -1.39. The van der Waals surface area contributed by atoms with E-state index in [2.05, 4.69) is 15.3 Å². The van der Waals surface area contributed by atoms with Crippen molar-refractivity contribution in [2.75, 3.05) is 13.2 Å². The Labute approximate surface area is 223 Å². The lowest BCUT2D eigenvalue weighted by atomic mass is 9.82. The molecule has 9 nitrogen and oxygen atoms in total. The number of carbonyl (C=O) groups excluding carboxylic acids is 2. The molecule has 200 valence electrons. The van der Waals surface area contributed by atoms with Crippen molar-refractivity contribution in [2.24, 2.45) is 5.73 Å². The van der Waals surface area contributed by atoms with Gasteiger partial charge in [0.25, 0.3) is 5.91 Å². The number of nitrogens with two attached hydrogens (primary N) is 1. The molecule has 0 saturated carbocycles. The van der Waals surface area contributed by atoms with Gasteiger partial charge < -0.3 is 26.0 Å². The third-order valence-electron chi connectivity index (χ3n) is 7.18. The average Bonchev–Trinajstić information content (AvgIpc) is 3.26. The number of benzene rings is 2. The van der Waals surface area contributed by atoms with Crippen LogP contribution >= 0.6 is 0 Å². The molecule has 2 aromatic heterocycles. The van der Waals surface area contributed by atoms with Crippen molar-refractivity contribution in [1.29, 1.82) is 0 Å². The number of aromatic nitrogens is 2.